The third-order valence-corrected chi connectivity index (χ3v) is 7.06. The fourth-order valence-corrected chi connectivity index (χ4v) is 5.12. The second-order valence-electron chi connectivity index (χ2n) is 9.30. The predicted molar refractivity (Wildman–Crippen MR) is 141 cm³/mol. The number of aromatic amines is 1. The topological polar surface area (TPSA) is 79.6 Å². The van der Waals surface area contributed by atoms with Gasteiger partial charge in [0.2, 0.25) is 0 Å². The van der Waals surface area contributed by atoms with Crippen molar-refractivity contribution < 1.29 is 9.47 Å². The van der Waals surface area contributed by atoms with Crippen molar-refractivity contribution >= 4 is 28.1 Å². The number of rotatable bonds is 5. The molecule has 4 aromatic rings. The number of H-pyrrole nitrogens is 1. The van der Waals surface area contributed by atoms with E-state index in [1.54, 1.807) is 0 Å². The average Bonchev–Trinajstić information content (AvgIpc) is 3.31. The Morgan fingerprint density at radius 2 is 1.54 bits per heavy atom. The van der Waals surface area contributed by atoms with Crippen LogP contribution in [-0.2, 0) is 4.74 Å². The molecule has 0 saturated carbocycles. The summed E-state index contributed by atoms with van der Waals surface area (Å²) >= 11 is 0. The number of benzene rings is 3. The van der Waals surface area contributed by atoms with E-state index >= 15 is 0 Å². The number of anilines is 3. The normalized spacial score (nSPS) is 17.1. The van der Waals surface area contributed by atoms with E-state index in [4.69, 9.17) is 15.2 Å². The van der Waals surface area contributed by atoms with Crippen molar-refractivity contribution in [3.05, 3.63) is 66.7 Å². The van der Waals surface area contributed by atoms with Gasteiger partial charge >= 0.3 is 0 Å². The number of nitrogens with one attached hydrogen (secondary N) is 1. The van der Waals surface area contributed by atoms with Crippen molar-refractivity contribution in [1.82, 2.24) is 10.2 Å². The van der Waals surface area contributed by atoms with Gasteiger partial charge in [0.05, 0.1) is 24.1 Å². The van der Waals surface area contributed by atoms with E-state index in [0.29, 0.717) is 5.82 Å². The fraction of sp³-hybridized carbons (Fsp3) is 0.321. The van der Waals surface area contributed by atoms with Crippen LogP contribution < -0.4 is 20.3 Å². The molecule has 2 saturated heterocycles. The number of nitrogen functional groups attached to an aromatic ring is 1. The van der Waals surface area contributed by atoms with Crippen LogP contribution in [0.4, 0.5) is 17.2 Å². The number of nitrogens with zero attached hydrogens (tertiary/aromatic N) is 3. The SMILES string of the molecule is Nc1n[nH]c2cc(-c3cccc(N4CCN(c5ccccc5)CC4)c3)cc(OC3CCOCC3)c12. The third-order valence-electron chi connectivity index (χ3n) is 7.06. The minimum absolute atomic E-state index is 0.128. The van der Waals surface area contributed by atoms with Crippen molar-refractivity contribution in [2.75, 3.05) is 54.9 Å². The summed E-state index contributed by atoms with van der Waals surface area (Å²) in [6, 6.07) is 23.7. The molecule has 180 valence electrons. The van der Waals surface area contributed by atoms with E-state index in [1.165, 1.54) is 11.4 Å². The molecule has 7 nitrogen and oxygen atoms in total. The summed E-state index contributed by atoms with van der Waals surface area (Å²) in [7, 11) is 0. The van der Waals surface area contributed by atoms with Gasteiger partial charge in [-0.1, -0.05) is 30.3 Å². The lowest BCUT2D eigenvalue weighted by Gasteiger charge is -2.37. The summed E-state index contributed by atoms with van der Waals surface area (Å²) in [4.78, 5) is 4.92. The van der Waals surface area contributed by atoms with Gasteiger partial charge in [-0.3, -0.25) is 5.10 Å². The van der Waals surface area contributed by atoms with Crippen LogP contribution in [-0.4, -0.2) is 55.7 Å². The molecule has 35 heavy (non-hydrogen) atoms. The highest BCUT2D eigenvalue weighted by atomic mass is 16.5. The van der Waals surface area contributed by atoms with Gasteiger partial charge < -0.3 is 25.0 Å². The molecule has 6 rings (SSSR count). The van der Waals surface area contributed by atoms with Gasteiger partial charge in [-0.05, 0) is 47.5 Å². The summed E-state index contributed by atoms with van der Waals surface area (Å²) in [6.07, 6.45) is 1.89. The molecule has 3 heterocycles. The first-order valence-corrected chi connectivity index (χ1v) is 12.4. The van der Waals surface area contributed by atoms with Gasteiger partial charge in [0.15, 0.2) is 5.82 Å². The molecular formula is C28H31N5O2. The minimum Gasteiger partial charge on any atom is -0.489 e. The number of nitrogens with two attached hydrogens (primary N) is 1. The number of fused-ring (bicyclic) bond motifs is 1. The van der Waals surface area contributed by atoms with Crippen LogP contribution in [0.15, 0.2) is 66.7 Å². The van der Waals surface area contributed by atoms with Crippen LogP contribution in [0, 0.1) is 0 Å². The standard InChI is InChI=1S/C28H31N5O2/c29-28-27-25(30-31-28)18-21(19-26(27)35-24-9-15-34-16-10-24)20-5-4-8-23(17-20)33-13-11-32(12-14-33)22-6-2-1-3-7-22/h1-8,17-19,24H,9-16H2,(H3,29,30,31). The van der Waals surface area contributed by atoms with E-state index in [0.717, 1.165) is 80.0 Å². The minimum atomic E-state index is 0.128. The van der Waals surface area contributed by atoms with Crippen molar-refractivity contribution in [1.29, 1.82) is 0 Å². The van der Waals surface area contributed by atoms with Gasteiger partial charge in [0.25, 0.3) is 0 Å². The largest absolute Gasteiger partial charge is 0.489 e. The van der Waals surface area contributed by atoms with E-state index in [-0.39, 0.29) is 6.10 Å². The Morgan fingerprint density at radius 3 is 2.31 bits per heavy atom. The molecule has 0 spiro atoms. The maximum Gasteiger partial charge on any atom is 0.156 e. The molecule has 3 N–H and O–H groups in total. The van der Waals surface area contributed by atoms with Crippen molar-refractivity contribution in [3.63, 3.8) is 0 Å². The van der Waals surface area contributed by atoms with Gasteiger partial charge in [-0.2, -0.15) is 5.10 Å². The van der Waals surface area contributed by atoms with Crippen molar-refractivity contribution in [3.8, 4) is 16.9 Å². The molecular weight excluding hydrogens is 438 g/mol. The van der Waals surface area contributed by atoms with Gasteiger partial charge in [0, 0.05) is 50.4 Å². The molecule has 1 aromatic heterocycles. The average molecular weight is 470 g/mol. The number of ether oxygens (including phenoxy) is 2. The quantitative estimate of drug-likeness (QED) is 0.441. The second-order valence-corrected chi connectivity index (χ2v) is 9.30. The van der Waals surface area contributed by atoms with Crippen LogP contribution in [0.3, 0.4) is 0 Å². The molecule has 2 fully saturated rings. The molecule has 0 atom stereocenters. The molecule has 0 bridgehead atoms. The number of para-hydroxylation sites is 1. The number of aromatic nitrogens is 2. The number of piperazine rings is 1. The first-order valence-electron chi connectivity index (χ1n) is 12.4. The molecule has 7 heteroatoms. The first-order chi connectivity index (χ1) is 17.2. The van der Waals surface area contributed by atoms with Gasteiger partial charge in [-0.25, -0.2) is 0 Å². The molecule has 0 aliphatic carbocycles. The Hall–Kier alpha value is -3.71. The summed E-state index contributed by atoms with van der Waals surface area (Å²) in [5, 5.41) is 8.18. The Bertz CT molecular complexity index is 1290. The molecule has 0 unspecified atom stereocenters. The van der Waals surface area contributed by atoms with E-state index < -0.39 is 0 Å². The molecule has 3 aromatic carbocycles. The van der Waals surface area contributed by atoms with Crippen LogP contribution in [0.25, 0.3) is 22.0 Å². The highest BCUT2D eigenvalue weighted by molar-refractivity contribution is 5.97. The van der Waals surface area contributed by atoms with Crippen LogP contribution >= 0.6 is 0 Å². The Balaban J connectivity index is 1.25. The Morgan fingerprint density at radius 1 is 0.829 bits per heavy atom. The lowest BCUT2D eigenvalue weighted by Crippen LogP contribution is -2.46. The Labute approximate surface area is 205 Å². The molecule has 2 aliphatic heterocycles. The lowest BCUT2D eigenvalue weighted by atomic mass is 10.0. The monoisotopic (exact) mass is 469 g/mol. The highest BCUT2D eigenvalue weighted by Crippen LogP contribution is 2.37. The van der Waals surface area contributed by atoms with E-state index in [9.17, 15) is 0 Å². The maximum absolute atomic E-state index is 6.43. The van der Waals surface area contributed by atoms with E-state index in [2.05, 4.69) is 86.7 Å². The second kappa shape index (κ2) is 9.50. The number of hydrogen-bond acceptors (Lipinski definition) is 6. The molecule has 2 aliphatic rings. The maximum atomic E-state index is 6.43. The zero-order valence-electron chi connectivity index (χ0n) is 19.8. The fourth-order valence-electron chi connectivity index (χ4n) is 5.12. The zero-order chi connectivity index (χ0) is 23.6. The first kappa shape index (κ1) is 21.8. The van der Waals surface area contributed by atoms with Gasteiger partial charge in [-0.15, -0.1) is 0 Å². The predicted octanol–water partition coefficient (Wildman–Crippen LogP) is 4.70. The van der Waals surface area contributed by atoms with E-state index in [1.807, 2.05) is 0 Å². The molecule has 0 radical (unpaired) electrons. The molecule has 0 amide bonds. The van der Waals surface area contributed by atoms with Crippen LogP contribution in [0.2, 0.25) is 0 Å². The van der Waals surface area contributed by atoms with Crippen LogP contribution in [0.1, 0.15) is 12.8 Å². The number of hydrogen-bond donors (Lipinski definition) is 2. The summed E-state index contributed by atoms with van der Waals surface area (Å²) < 4.78 is 11.9. The smallest absolute Gasteiger partial charge is 0.156 e. The van der Waals surface area contributed by atoms with Crippen molar-refractivity contribution in [2.24, 2.45) is 0 Å². The summed E-state index contributed by atoms with van der Waals surface area (Å²) in [5.41, 5.74) is 11.9. The van der Waals surface area contributed by atoms with Gasteiger partial charge in [0.1, 0.15) is 11.9 Å². The van der Waals surface area contributed by atoms with Crippen LogP contribution in [0.5, 0.6) is 5.75 Å². The summed E-state index contributed by atoms with van der Waals surface area (Å²) in [5.74, 6) is 1.26. The third kappa shape index (κ3) is 4.51. The van der Waals surface area contributed by atoms with Crippen molar-refractivity contribution in [2.45, 2.75) is 18.9 Å². The highest BCUT2D eigenvalue weighted by Gasteiger charge is 2.21. The zero-order valence-corrected chi connectivity index (χ0v) is 19.8. The lowest BCUT2D eigenvalue weighted by molar-refractivity contribution is 0.0262. The Kier molecular flexibility index (Phi) is 5.92. The summed E-state index contributed by atoms with van der Waals surface area (Å²) in [6.45, 7) is 5.47.